The fraction of sp³-hybridized carbons (Fsp3) is 0.185. The van der Waals surface area contributed by atoms with Crippen molar-refractivity contribution in [2.24, 2.45) is 0 Å². The smallest absolute Gasteiger partial charge is 0.295 e. The molecule has 0 aromatic heterocycles. The molecule has 172 valence electrons. The van der Waals surface area contributed by atoms with Crippen LogP contribution >= 0.6 is 0 Å². The van der Waals surface area contributed by atoms with Gasteiger partial charge in [0.25, 0.3) is 11.7 Å². The van der Waals surface area contributed by atoms with Gasteiger partial charge in [-0.2, -0.15) is 0 Å². The summed E-state index contributed by atoms with van der Waals surface area (Å²) in [6, 6.07) is 19.2. The molecule has 2 heterocycles. The Balaban J connectivity index is 1.59. The molecular weight excluding hydrogens is 437 g/mol. The van der Waals surface area contributed by atoms with E-state index in [4.69, 9.17) is 9.47 Å². The van der Waals surface area contributed by atoms with E-state index in [0.29, 0.717) is 31.1 Å². The number of halogens is 1. The fourth-order valence-electron chi connectivity index (χ4n) is 4.37. The Labute approximate surface area is 195 Å². The maximum absolute atomic E-state index is 14.9. The zero-order valence-corrected chi connectivity index (χ0v) is 18.2. The number of rotatable bonds is 5. The summed E-state index contributed by atoms with van der Waals surface area (Å²) in [5.74, 6) is -1.62. The Kier molecular flexibility index (Phi) is 5.76. The third-order valence-electron chi connectivity index (χ3n) is 6.04. The SMILES string of the molecule is O=C1C(=O)N(CCc2ccccc2)C(c2ccccc2F)/C1=C(\O)c1ccc2c(c1)OCCO2. The number of likely N-dealkylation sites (tertiary alicyclic amines) is 1. The summed E-state index contributed by atoms with van der Waals surface area (Å²) in [4.78, 5) is 27.5. The summed E-state index contributed by atoms with van der Waals surface area (Å²) < 4.78 is 26.0. The second kappa shape index (κ2) is 9.02. The largest absolute Gasteiger partial charge is 0.507 e. The van der Waals surface area contributed by atoms with Gasteiger partial charge in [-0.1, -0.05) is 48.5 Å². The van der Waals surface area contributed by atoms with Gasteiger partial charge in [-0.15, -0.1) is 0 Å². The number of nitrogens with zero attached hydrogens (tertiary/aromatic N) is 1. The predicted octanol–water partition coefficient (Wildman–Crippen LogP) is 4.26. The van der Waals surface area contributed by atoms with Gasteiger partial charge in [0, 0.05) is 17.7 Å². The van der Waals surface area contributed by atoms with Crippen LogP contribution in [0.3, 0.4) is 0 Å². The molecule has 1 N–H and O–H groups in total. The van der Waals surface area contributed by atoms with Crippen molar-refractivity contribution in [1.82, 2.24) is 4.90 Å². The number of amides is 1. The Morgan fingerprint density at radius 1 is 0.941 bits per heavy atom. The highest BCUT2D eigenvalue weighted by Crippen LogP contribution is 2.41. The molecule has 3 aromatic rings. The van der Waals surface area contributed by atoms with Crippen LogP contribution in [0.25, 0.3) is 5.76 Å². The second-order valence-corrected chi connectivity index (χ2v) is 8.11. The number of aliphatic hydroxyl groups excluding tert-OH is 1. The standard InChI is InChI=1S/C27H22FNO5/c28-20-9-5-4-8-19(20)24-23(25(30)18-10-11-21-22(16-18)34-15-14-33-21)26(31)27(32)29(24)13-12-17-6-2-1-3-7-17/h1-11,16,24,30H,12-15H2/b25-23+. The van der Waals surface area contributed by atoms with Crippen molar-refractivity contribution in [3.63, 3.8) is 0 Å². The Morgan fingerprint density at radius 2 is 1.65 bits per heavy atom. The van der Waals surface area contributed by atoms with E-state index in [0.717, 1.165) is 5.56 Å². The molecule has 7 heteroatoms. The van der Waals surface area contributed by atoms with Crippen molar-refractivity contribution in [1.29, 1.82) is 0 Å². The zero-order chi connectivity index (χ0) is 23.7. The number of ether oxygens (including phenoxy) is 2. The topological polar surface area (TPSA) is 76.1 Å². The van der Waals surface area contributed by atoms with Crippen LogP contribution in [0, 0.1) is 5.82 Å². The van der Waals surface area contributed by atoms with Crippen LogP contribution in [-0.2, 0) is 16.0 Å². The molecule has 3 aromatic carbocycles. The first-order valence-electron chi connectivity index (χ1n) is 11.0. The number of benzene rings is 3. The van der Waals surface area contributed by atoms with E-state index in [1.165, 1.54) is 23.1 Å². The number of hydrogen-bond donors (Lipinski definition) is 1. The minimum atomic E-state index is -1.06. The van der Waals surface area contributed by atoms with Crippen LogP contribution in [0.1, 0.15) is 22.7 Å². The first-order valence-corrected chi connectivity index (χ1v) is 11.0. The maximum Gasteiger partial charge on any atom is 0.295 e. The third kappa shape index (κ3) is 3.90. The molecule has 6 nitrogen and oxygen atoms in total. The molecule has 2 aliphatic heterocycles. The van der Waals surface area contributed by atoms with Crippen LogP contribution in [-0.4, -0.2) is 41.5 Å². The number of ketones is 1. The van der Waals surface area contributed by atoms with Crippen molar-refractivity contribution in [2.75, 3.05) is 19.8 Å². The molecule has 0 radical (unpaired) electrons. The van der Waals surface area contributed by atoms with Gasteiger partial charge in [-0.05, 0) is 36.2 Å². The minimum Gasteiger partial charge on any atom is -0.507 e. The van der Waals surface area contributed by atoms with Crippen LogP contribution < -0.4 is 9.47 Å². The van der Waals surface area contributed by atoms with Gasteiger partial charge < -0.3 is 19.5 Å². The summed E-state index contributed by atoms with van der Waals surface area (Å²) in [5, 5.41) is 11.2. The molecule has 1 amide bonds. The average Bonchev–Trinajstić information content (AvgIpc) is 3.12. The van der Waals surface area contributed by atoms with Crippen molar-refractivity contribution < 1.29 is 28.6 Å². The molecule has 1 unspecified atom stereocenters. The van der Waals surface area contributed by atoms with Crippen LogP contribution in [0.4, 0.5) is 4.39 Å². The van der Waals surface area contributed by atoms with E-state index >= 15 is 0 Å². The van der Waals surface area contributed by atoms with E-state index < -0.39 is 23.5 Å². The van der Waals surface area contributed by atoms with Gasteiger partial charge in [-0.3, -0.25) is 9.59 Å². The lowest BCUT2D eigenvalue weighted by molar-refractivity contribution is -0.139. The Morgan fingerprint density at radius 3 is 2.41 bits per heavy atom. The summed E-state index contributed by atoms with van der Waals surface area (Å²) in [6.45, 7) is 0.958. The molecule has 34 heavy (non-hydrogen) atoms. The number of hydrogen-bond acceptors (Lipinski definition) is 5. The highest BCUT2D eigenvalue weighted by molar-refractivity contribution is 6.46. The zero-order valence-electron chi connectivity index (χ0n) is 18.2. The van der Waals surface area contributed by atoms with Crippen molar-refractivity contribution in [3.05, 3.63) is 101 Å². The summed E-state index contributed by atoms with van der Waals surface area (Å²) >= 11 is 0. The van der Waals surface area contributed by atoms with Gasteiger partial charge >= 0.3 is 0 Å². The molecule has 0 saturated carbocycles. The van der Waals surface area contributed by atoms with Crippen molar-refractivity contribution >= 4 is 17.4 Å². The summed E-state index contributed by atoms with van der Waals surface area (Å²) in [7, 11) is 0. The molecular formula is C27H22FNO5. The third-order valence-corrected chi connectivity index (χ3v) is 6.04. The van der Waals surface area contributed by atoms with Gasteiger partial charge in [0.1, 0.15) is 24.8 Å². The maximum atomic E-state index is 14.9. The van der Waals surface area contributed by atoms with Gasteiger partial charge in [-0.25, -0.2) is 4.39 Å². The summed E-state index contributed by atoms with van der Waals surface area (Å²) in [6.07, 6.45) is 0.475. The molecule has 2 aliphatic rings. The van der Waals surface area contributed by atoms with E-state index in [9.17, 15) is 19.1 Å². The minimum absolute atomic E-state index is 0.147. The number of aliphatic hydroxyl groups is 1. The quantitative estimate of drug-likeness (QED) is 0.351. The van der Waals surface area contributed by atoms with E-state index in [2.05, 4.69) is 0 Å². The first kappa shape index (κ1) is 21.7. The number of carbonyl (C=O) groups excluding carboxylic acids is 2. The lowest BCUT2D eigenvalue weighted by Crippen LogP contribution is -2.32. The molecule has 0 bridgehead atoms. The Hall–Kier alpha value is -4.13. The van der Waals surface area contributed by atoms with Gasteiger partial charge in [0.2, 0.25) is 0 Å². The van der Waals surface area contributed by atoms with E-state index in [1.807, 2.05) is 30.3 Å². The number of carbonyl (C=O) groups is 2. The first-order chi connectivity index (χ1) is 16.5. The normalized spacial score (nSPS) is 18.9. The van der Waals surface area contributed by atoms with Crippen molar-refractivity contribution in [2.45, 2.75) is 12.5 Å². The molecule has 5 rings (SSSR count). The molecule has 0 spiro atoms. The summed E-state index contributed by atoms with van der Waals surface area (Å²) in [5.41, 5.74) is 1.25. The molecule has 1 fully saturated rings. The lowest BCUT2D eigenvalue weighted by Gasteiger charge is -2.26. The average molecular weight is 459 g/mol. The lowest BCUT2D eigenvalue weighted by atomic mass is 9.94. The monoisotopic (exact) mass is 459 g/mol. The molecule has 1 saturated heterocycles. The fourth-order valence-corrected chi connectivity index (χ4v) is 4.37. The van der Waals surface area contributed by atoms with Crippen LogP contribution in [0.15, 0.2) is 78.4 Å². The highest BCUT2D eigenvalue weighted by Gasteiger charge is 2.46. The number of Topliss-reactive ketones (excluding diaryl/α,β-unsaturated/α-hetero) is 1. The molecule has 0 aliphatic carbocycles. The van der Waals surface area contributed by atoms with Crippen molar-refractivity contribution in [3.8, 4) is 11.5 Å². The van der Waals surface area contributed by atoms with Gasteiger partial charge in [0.15, 0.2) is 11.5 Å². The predicted molar refractivity (Wildman–Crippen MR) is 123 cm³/mol. The number of fused-ring (bicyclic) bond motifs is 1. The van der Waals surface area contributed by atoms with Gasteiger partial charge in [0.05, 0.1) is 11.6 Å². The Bertz CT molecular complexity index is 1290. The second-order valence-electron chi connectivity index (χ2n) is 8.11. The van der Waals surface area contributed by atoms with E-state index in [1.54, 1.807) is 24.3 Å². The molecule has 1 atom stereocenters. The van der Waals surface area contributed by atoms with Crippen LogP contribution in [0.5, 0.6) is 11.5 Å². The van der Waals surface area contributed by atoms with E-state index in [-0.39, 0.29) is 29.0 Å². The van der Waals surface area contributed by atoms with Crippen LogP contribution in [0.2, 0.25) is 0 Å². The highest BCUT2D eigenvalue weighted by atomic mass is 19.1.